The van der Waals surface area contributed by atoms with E-state index in [1.807, 2.05) is 6.07 Å². The first-order chi connectivity index (χ1) is 9.22. The van der Waals surface area contributed by atoms with Crippen LogP contribution in [0.25, 0.3) is 11.3 Å². The number of hydrogen-bond donors (Lipinski definition) is 1. The third-order valence-corrected chi connectivity index (χ3v) is 2.22. The highest BCUT2D eigenvalue weighted by atomic mass is 16.8. The van der Waals surface area contributed by atoms with Gasteiger partial charge in [-0.1, -0.05) is 30.3 Å². The van der Waals surface area contributed by atoms with E-state index in [0.717, 1.165) is 6.21 Å². The first-order valence-corrected chi connectivity index (χ1v) is 5.24. The van der Waals surface area contributed by atoms with Crippen molar-refractivity contribution in [1.29, 1.82) is 0 Å². The summed E-state index contributed by atoms with van der Waals surface area (Å²) < 4.78 is 8.84. The number of aromatic nitrogens is 2. The predicted molar refractivity (Wildman–Crippen MR) is 64.0 cm³/mol. The normalized spacial score (nSPS) is 10.6. The van der Waals surface area contributed by atoms with E-state index in [0.29, 0.717) is 11.3 Å². The molecule has 0 unspecified atom stereocenters. The molecule has 0 aliphatic carbocycles. The lowest BCUT2D eigenvalue weighted by atomic mass is 10.1. The fourth-order valence-electron chi connectivity index (χ4n) is 1.35. The van der Waals surface area contributed by atoms with E-state index < -0.39 is 6.09 Å². The van der Waals surface area contributed by atoms with Crippen LogP contribution in [0.2, 0.25) is 0 Å². The van der Waals surface area contributed by atoms with E-state index in [4.69, 9.17) is 0 Å². The minimum atomic E-state index is -0.744. The highest BCUT2D eigenvalue weighted by Gasteiger charge is 2.18. The Kier molecular flexibility index (Phi) is 3.72. The maximum absolute atomic E-state index is 11.4. The summed E-state index contributed by atoms with van der Waals surface area (Å²) in [7, 11) is 1.20. The van der Waals surface area contributed by atoms with Gasteiger partial charge in [0.2, 0.25) is 5.69 Å². The topological polar surface area (TPSA) is 104 Å². The molecular formula is C11H10N4O4. The van der Waals surface area contributed by atoms with Crippen LogP contribution in [0, 0.1) is 5.21 Å². The van der Waals surface area contributed by atoms with Gasteiger partial charge < -0.3 is 9.94 Å². The summed E-state index contributed by atoms with van der Waals surface area (Å²) >= 11 is 0. The van der Waals surface area contributed by atoms with Gasteiger partial charge in [0.1, 0.15) is 6.21 Å². The molecule has 0 saturated heterocycles. The Balaban J connectivity index is 2.26. The summed E-state index contributed by atoms with van der Waals surface area (Å²) in [5, 5.41) is 18.6. The predicted octanol–water partition coefficient (Wildman–Crippen LogP) is 0.665. The van der Waals surface area contributed by atoms with Crippen molar-refractivity contribution in [2.75, 3.05) is 7.11 Å². The van der Waals surface area contributed by atoms with Gasteiger partial charge in [-0.25, -0.2) is 10.2 Å². The Morgan fingerprint density at radius 1 is 1.53 bits per heavy atom. The number of amides is 1. The number of hydrogen-bond acceptors (Lipinski definition) is 6. The second-order valence-corrected chi connectivity index (χ2v) is 3.39. The molecule has 0 atom stereocenters. The molecule has 0 bridgehead atoms. The monoisotopic (exact) mass is 262 g/mol. The van der Waals surface area contributed by atoms with Crippen LogP contribution < -0.4 is 10.3 Å². The summed E-state index contributed by atoms with van der Waals surface area (Å²) in [4.78, 5) is 11.0. The first kappa shape index (κ1) is 12.6. The van der Waals surface area contributed by atoms with Crippen molar-refractivity contribution < 1.29 is 19.1 Å². The summed E-state index contributed by atoms with van der Waals surface area (Å²) in [5.41, 5.74) is 3.15. The van der Waals surface area contributed by atoms with Crippen molar-refractivity contribution in [2.45, 2.75) is 0 Å². The number of nitrogens with zero attached hydrogens (tertiary/aromatic N) is 3. The van der Waals surface area contributed by atoms with Crippen LogP contribution in [0.5, 0.6) is 0 Å². The molecule has 1 amide bonds. The zero-order valence-electron chi connectivity index (χ0n) is 9.94. The summed E-state index contributed by atoms with van der Waals surface area (Å²) in [6.45, 7) is 0. The molecule has 0 radical (unpaired) electrons. The molecule has 8 nitrogen and oxygen atoms in total. The number of carbonyl (C=O) groups is 1. The molecular weight excluding hydrogens is 252 g/mol. The lowest BCUT2D eigenvalue weighted by Gasteiger charge is -1.95. The van der Waals surface area contributed by atoms with Crippen LogP contribution in [0.4, 0.5) is 4.79 Å². The van der Waals surface area contributed by atoms with Gasteiger partial charge in [0.05, 0.1) is 7.11 Å². The maximum Gasteiger partial charge on any atom is 0.427 e. The largest absolute Gasteiger partial charge is 0.452 e. The first-order valence-electron chi connectivity index (χ1n) is 5.24. The number of carbonyl (C=O) groups excluding carboxylic acids is 1. The Hall–Kier alpha value is -2.90. The molecule has 0 aliphatic rings. The van der Waals surface area contributed by atoms with Crippen molar-refractivity contribution in [3.05, 3.63) is 41.2 Å². The van der Waals surface area contributed by atoms with E-state index >= 15 is 0 Å². The molecule has 8 heteroatoms. The number of ether oxygens (including phenoxy) is 1. The Morgan fingerprint density at radius 3 is 2.95 bits per heavy atom. The van der Waals surface area contributed by atoms with Gasteiger partial charge in [0, 0.05) is 10.7 Å². The number of methoxy groups -OCH3 is 1. The zero-order chi connectivity index (χ0) is 13.7. The summed E-state index contributed by atoms with van der Waals surface area (Å²) in [5.74, 6) is 0. The lowest BCUT2D eigenvalue weighted by Crippen LogP contribution is -2.28. The van der Waals surface area contributed by atoms with Gasteiger partial charge in [-0.3, -0.25) is 4.63 Å². The smallest absolute Gasteiger partial charge is 0.427 e. The van der Waals surface area contributed by atoms with Gasteiger partial charge in [0.25, 0.3) is 5.69 Å². The molecule has 0 saturated carbocycles. The second-order valence-electron chi connectivity index (χ2n) is 3.39. The fraction of sp³-hybridized carbons (Fsp3) is 0.0909. The Labute approximate surface area is 107 Å². The number of nitrogens with one attached hydrogen (secondary N) is 1. The van der Waals surface area contributed by atoms with E-state index in [-0.39, 0.29) is 10.6 Å². The lowest BCUT2D eigenvalue weighted by molar-refractivity contribution is -0.803. The van der Waals surface area contributed by atoms with Gasteiger partial charge in [0.15, 0.2) is 0 Å². The molecule has 1 N–H and O–H groups in total. The van der Waals surface area contributed by atoms with Gasteiger partial charge in [-0.2, -0.15) is 5.10 Å². The van der Waals surface area contributed by atoms with Gasteiger partial charge >= 0.3 is 6.09 Å². The quantitative estimate of drug-likeness (QED) is 0.497. The minimum absolute atomic E-state index is 0.0719. The fourth-order valence-corrected chi connectivity index (χ4v) is 1.35. The molecule has 0 aliphatic heterocycles. The van der Waals surface area contributed by atoms with Crippen molar-refractivity contribution in [1.82, 2.24) is 10.6 Å². The van der Waals surface area contributed by atoms with Crippen LogP contribution >= 0.6 is 0 Å². The number of benzene rings is 1. The summed E-state index contributed by atoms with van der Waals surface area (Å²) in [6, 6.07) is 8.97. The van der Waals surface area contributed by atoms with E-state index in [1.54, 1.807) is 24.3 Å². The molecule has 0 fully saturated rings. The van der Waals surface area contributed by atoms with Gasteiger partial charge in [-0.15, -0.1) is 0 Å². The maximum atomic E-state index is 11.4. The third kappa shape index (κ3) is 2.86. The molecule has 19 heavy (non-hydrogen) atoms. The molecule has 1 heterocycles. The van der Waals surface area contributed by atoms with Crippen molar-refractivity contribution in [3.8, 4) is 11.3 Å². The molecule has 1 aromatic heterocycles. The van der Waals surface area contributed by atoms with Crippen molar-refractivity contribution >= 4 is 12.3 Å². The SMILES string of the molecule is COC(=O)N/N=C/c1c(-c2ccccc2)no[n+]1[O-]. The Morgan fingerprint density at radius 2 is 2.26 bits per heavy atom. The van der Waals surface area contributed by atoms with E-state index in [9.17, 15) is 10.0 Å². The second kappa shape index (κ2) is 5.63. The van der Waals surface area contributed by atoms with Crippen LogP contribution in [0.3, 0.4) is 0 Å². The average molecular weight is 262 g/mol. The van der Waals surface area contributed by atoms with Crippen LogP contribution in [0.15, 0.2) is 40.1 Å². The zero-order valence-corrected chi connectivity index (χ0v) is 9.94. The molecule has 0 spiro atoms. The van der Waals surface area contributed by atoms with E-state index in [1.165, 1.54) is 7.11 Å². The highest BCUT2D eigenvalue weighted by molar-refractivity contribution is 5.85. The van der Waals surface area contributed by atoms with E-state index in [2.05, 4.69) is 25.0 Å². The number of hydrazone groups is 1. The minimum Gasteiger partial charge on any atom is -0.452 e. The van der Waals surface area contributed by atoms with Crippen LogP contribution in [0.1, 0.15) is 5.69 Å². The molecule has 1 aromatic carbocycles. The third-order valence-electron chi connectivity index (χ3n) is 2.22. The molecule has 98 valence electrons. The van der Waals surface area contributed by atoms with Crippen LogP contribution in [-0.4, -0.2) is 24.6 Å². The molecule has 2 aromatic rings. The van der Waals surface area contributed by atoms with Crippen molar-refractivity contribution in [2.24, 2.45) is 5.10 Å². The van der Waals surface area contributed by atoms with Crippen LogP contribution in [-0.2, 0) is 4.74 Å². The van der Waals surface area contributed by atoms with Gasteiger partial charge in [-0.05, 0) is 4.90 Å². The highest BCUT2D eigenvalue weighted by Crippen LogP contribution is 2.17. The molecule has 2 rings (SSSR count). The van der Waals surface area contributed by atoms with Crippen molar-refractivity contribution in [3.63, 3.8) is 0 Å². The number of rotatable bonds is 3. The standard InChI is InChI=1S/C11H10N4O4/c1-18-11(16)13-12-7-9-10(14-19-15(9)17)8-5-3-2-4-6-8/h2-7H,1H3,(H,13,16)/b12-7+. The summed E-state index contributed by atoms with van der Waals surface area (Å²) in [6.07, 6.45) is 0.384. The Bertz CT molecular complexity index is 594. The average Bonchev–Trinajstić information content (AvgIpc) is 2.81.